The maximum atomic E-state index is 12.1. The lowest BCUT2D eigenvalue weighted by Crippen LogP contribution is -2.44. The molecule has 1 aliphatic heterocycles. The molecule has 0 amide bonds. The molecular weight excluding hydrogens is 448 g/mol. The molecule has 2 aliphatic rings. The highest BCUT2D eigenvalue weighted by molar-refractivity contribution is 5.33. The van der Waals surface area contributed by atoms with Gasteiger partial charge < -0.3 is 14.4 Å². The highest BCUT2D eigenvalue weighted by atomic mass is 16.5. The number of ether oxygens (including phenoxy) is 1. The molecule has 2 aromatic carbocycles. The van der Waals surface area contributed by atoms with Crippen LogP contribution in [0.15, 0.2) is 71.3 Å². The molecule has 1 saturated heterocycles. The number of likely N-dealkylation sites (tertiary alicyclic amines) is 1. The summed E-state index contributed by atoms with van der Waals surface area (Å²) in [6.07, 6.45) is 8.03. The summed E-state index contributed by atoms with van der Waals surface area (Å²) >= 11 is 0. The lowest BCUT2D eigenvalue weighted by Gasteiger charge is -2.38. The molecule has 192 valence electrons. The van der Waals surface area contributed by atoms with Gasteiger partial charge in [-0.3, -0.25) is 4.90 Å². The van der Waals surface area contributed by atoms with E-state index in [2.05, 4.69) is 41.2 Å². The molecule has 1 saturated carbocycles. The number of hydrogen-bond acceptors (Lipinski definition) is 5. The smallest absolute Gasteiger partial charge is 0.151 e. The molecule has 1 aromatic heterocycles. The first kappa shape index (κ1) is 25.2. The Bertz CT molecular complexity index is 1060. The fourth-order valence-corrected chi connectivity index (χ4v) is 6.20. The van der Waals surface area contributed by atoms with E-state index >= 15 is 0 Å². The van der Waals surface area contributed by atoms with Gasteiger partial charge in [0, 0.05) is 12.6 Å². The van der Waals surface area contributed by atoms with Crippen molar-refractivity contribution in [2.45, 2.75) is 76.7 Å². The number of nitrogens with zero attached hydrogens (tertiary/aromatic N) is 2. The van der Waals surface area contributed by atoms with Gasteiger partial charge in [-0.1, -0.05) is 98.4 Å². The molecule has 3 atom stereocenters. The van der Waals surface area contributed by atoms with Gasteiger partial charge in [-0.25, -0.2) is 0 Å². The minimum absolute atomic E-state index is 0.155. The van der Waals surface area contributed by atoms with Crippen LogP contribution < -0.4 is 0 Å². The van der Waals surface area contributed by atoms with Gasteiger partial charge >= 0.3 is 0 Å². The minimum Gasteiger partial charge on any atom is -0.378 e. The molecule has 5 heteroatoms. The SMILES string of the molecule is CCC1CCN(Cc2cc(C(O)(c3ccccc3)C3CCCCC3)no2)CC1OCc1ccccc1. The first-order chi connectivity index (χ1) is 17.7. The molecule has 1 aliphatic carbocycles. The van der Waals surface area contributed by atoms with Crippen molar-refractivity contribution in [2.75, 3.05) is 13.1 Å². The standard InChI is InChI=1S/C31H40N2O3/c1-2-25-18-19-33(22-29(25)35-23-24-12-6-3-7-13-24)21-28-20-30(32-36-28)31(34,26-14-8-4-9-15-26)27-16-10-5-11-17-27/h3-4,6-9,12-15,20,25,27,29,34H,2,5,10-11,16-19,21-23H2,1H3. The average Bonchev–Trinajstić information content (AvgIpc) is 3.42. The van der Waals surface area contributed by atoms with E-state index in [0.717, 1.165) is 62.9 Å². The molecule has 5 nitrogen and oxygen atoms in total. The highest BCUT2D eigenvalue weighted by Gasteiger charge is 2.43. The van der Waals surface area contributed by atoms with Gasteiger partial charge in [-0.15, -0.1) is 0 Å². The number of hydrogen-bond donors (Lipinski definition) is 1. The second kappa shape index (κ2) is 11.7. The Balaban J connectivity index is 1.29. The molecule has 2 fully saturated rings. The summed E-state index contributed by atoms with van der Waals surface area (Å²) in [7, 11) is 0. The second-order valence-corrected chi connectivity index (χ2v) is 10.7. The normalized spacial score (nSPS) is 23.4. The summed E-state index contributed by atoms with van der Waals surface area (Å²) in [5, 5.41) is 16.6. The van der Waals surface area contributed by atoms with Gasteiger partial charge in [0.25, 0.3) is 0 Å². The highest BCUT2D eigenvalue weighted by Crippen LogP contribution is 2.43. The fourth-order valence-electron chi connectivity index (χ4n) is 6.20. The van der Waals surface area contributed by atoms with E-state index in [0.29, 0.717) is 24.8 Å². The van der Waals surface area contributed by atoms with Gasteiger partial charge in [0.1, 0.15) is 11.3 Å². The Kier molecular flexibility index (Phi) is 8.20. The summed E-state index contributed by atoms with van der Waals surface area (Å²) < 4.78 is 12.3. The van der Waals surface area contributed by atoms with Gasteiger partial charge in [0.15, 0.2) is 5.76 Å². The molecule has 2 heterocycles. The average molecular weight is 489 g/mol. The van der Waals surface area contributed by atoms with Crippen molar-refractivity contribution in [3.8, 4) is 0 Å². The monoisotopic (exact) mass is 488 g/mol. The topological polar surface area (TPSA) is 58.7 Å². The van der Waals surface area contributed by atoms with E-state index in [1.165, 1.54) is 12.0 Å². The van der Waals surface area contributed by atoms with Crippen LogP contribution in [0, 0.1) is 11.8 Å². The van der Waals surface area contributed by atoms with Gasteiger partial charge in [-0.05, 0) is 48.8 Å². The maximum Gasteiger partial charge on any atom is 0.151 e. The van der Waals surface area contributed by atoms with Gasteiger partial charge in [-0.2, -0.15) is 0 Å². The fraction of sp³-hybridized carbons (Fsp3) is 0.516. The third kappa shape index (κ3) is 5.59. The van der Waals surface area contributed by atoms with Crippen molar-refractivity contribution in [1.82, 2.24) is 10.1 Å². The van der Waals surface area contributed by atoms with Crippen molar-refractivity contribution in [2.24, 2.45) is 11.8 Å². The summed E-state index contributed by atoms with van der Waals surface area (Å²) in [5.74, 6) is 1.54. The summed E-state index contributed by atoms with van der Waals surface area (Å²) in [6.45, 7) is 5.49. The Hall–Kier alpha value is -2.47. The van der Waals surface area contributed by atoms with Crippen LogP contribution in [0.2, 0.25) is 0 Å². The molecule has 36 heavy (non-hydrogen) atoms. The largest absolute Gasteiger partial charge is 0.378 e. The molecular formula is C31H40N2O3. The van der Waals surface area contributed by atoms with E-state index in [1.807, 2.05) is 42.5 Å². The predicted molar refractivity (Wildman–Crippen MR) is 141 cm³/mol. The first-order valence-electron chi connectivity index (χ1n) is 13.8. The number of piperidine rings is 1. The van der Waals surface area contributed by atoms with Crippen LogP contribution in [0.5, 0.6) is 0 Å². The van der Waals surface area contributed by atoms with Gasteiger partial charge in [0.05, 0.1) is 19.3 Å². The zero-order valence-corrected chi connectivity index (χ0v) is 21.5. The van der Waals surface area contributed by atoms with Crippen LogP contribution in [-0.2, 0) is 23.5 Å². The van der Waals surface area contributed by atoms with Crippen LogP contribution in [0.25, 0.3) is 0 Å². The zero-order valence-electron chi connectivity index (χ0n) is 21.5. The molecule has 0 bridgehead atoms. The van der Waals surface area contributed by atoms with Crippen LogP contribution >= 0.6 is 0 Å². The van der Waals surface area contributed by atoms with E-state index in [9.17, 15) is 5.11 Å². The summed E-state index contributed by atoms with van der Waals surface area (Å²) in [6, 6.07) is 22.4. The van der Waals surface area contributed by atoms with E-state index in [-0.39, 0.29) is 12.0 Å². The quantitative estimate of drug-likeness (QED) is 0.383. The number of aliphatic hydroxyl groups is 1. The third-order valence-corrected chi connectivity index (χ3v) is 8.35. The van der Waals surface area contributed by atoms with Crippen molar-refractivity contribution in [3.63, 3.8) is 0 Å². The minimum atomic E-state index is -1.11. The van der Waals surface area contributed by atoms with Crippen molar-refractivity contribution < 1.29 is 14.4 Å². The predicted octanol–water partition coefficient (Wildman–Crippen LogP) is 6.31. The zero-order chi connectivity index (χ0) is 24.8. The van der Waals surface area contributed by atoms with E-state index in [4.69, 9.17) is 9.26 Å². The van der Waals surface area contributed by atoms with Crippen molar-refractivity contribution in [3.05, 3.63) is 89.3 Å². The van der Waals surface area contributed by atoms with Crippen LogP contribution in [0.3, 0.4) is 0 Å². The number of aromatic nitrogens is 1. The lowest BCUT2D eigenvalue weighted by molar-refractivity contribution is -0.0507. The maximum absolute atomic E-state index is 12.1. The molecule has 0 radical (unpaired) electrons. The second-order valence-electron chi connectivity index (χ2n) is 10.7. The summed E-state index contributed by atoms with van der Waals surface area (Å²) in [4.78, 5) is 2.41. The Morgan fingerprint density at radius 3 is 2.44 bits per heavy atom. The molecule has 0 spiro atoms. The van der Waals surface area contributed by atoms with Gasteiger partial charge in [0.2, 0.25) is 0 Å². The Morgan fingerprint density at radius 1 is 1.00 bits per heavy atom. The number of rotatable bonds is 9. The van der Waals surface area contributed by atoms with E-state index < -0.39 is 5.60 Å². The van der Waals surface area contributed by atoms with E-state index in [1.54, 1.807) is 0 Å². The van der Waals surface area contributed by atoms with Crippen LogP contribution in [-0.4, -0.2) is 34.4 Å². The summed E-state index contributed by atoms with van der Waals surface area (Å²) in [5.41, 5.74) is 1.66. The van der Waals surface area contributed by atoms with Crippen LogP contribution in [0.1, 0.15) is 74.5 Å². The first-order valence-corrected chi connectivity index (χ1v) is 13.8. The van der Waals surface area contributed by atoms with Crippen LogP contribution in [0.4, 0.5) is 0 Å². The molecule has 5 rings (SSSR count). The number of benzene rings is 2. The molecule has 1 N–H and O–H groups in total. The Labute approximate surface area is 215 Å². The molecule has 3 unspecified atom stereocenters. The van der Waals surface area contributed by atoms with Crippen molar-refractivity contribution in [1.29, 1.82) is 0 Å². The lowest BCUT2D eigenvalue weighted by atomic mass is 9.71. The third-order valence-electron chi connectivity index (χ3n) is 8.35. The van der Waals surface area contributed by atoms with Crippen molar-refractivity contribution >= 4 is 0 Å². The molecule has 3 aromatic rings. The Morgan fingerprint density at radius 2 is 1.72 bits per heavy atom.